The molecule has 1 amide bonds. The molecule has 7 heteroatoms. The Morgan fingerprint density at radius 3 is 2.57 bits per heavy atom. The summed E-state index contributed by atoms with van der Waals surface area (Å²) in [5.74, 6) is -0.997. The predicted octanol–water partition coefficient (Wildman–Crippen LogP) is 2.94. The number of aromatic nitrogens is 2. The number of ether oxygens (including phenoxy) is 1. The van der Waals surface area contributed by atoms with E-state index in [0.717, 1.165) is 24.1 Å². The zero-order valence-electron chi connectivity index (χ0n) is 17.0. The van der Waals surface area contributed by atoms with Crippen LogP contribution in [0.3, 0.4) is 0 Å². The lowest BCUT2D eigenvalue weighted by Crippen LogP contribution is -2.43. The van der Waals surface area contributed by atoms with Gasteiger partial charge in [-0.3, -0.25) is 9.59 Å². The highest BCUT2D eigenvalue weighted by Crippen LogP contribution is 2.27. The third kappa shape index (κ3) is 3.47. The van der Waals surface area contributed by atoms with Crippen molar-refractivity contribution in [2.24, 2.45) is 0 Å². The van der Waals surface area contributed by atoms with Crippen LogP contribution in [-0.4, -0.2) is 34.3 Å². The Balaban J connectivity index is 1.61. The Hall–Kier alpha value is -3.48. The molecule has 2 heterocycles. The third-order valence-corrected chi connectivity index (χ3v) is 5.37. The van der Waals surface area contributed by atoms with E-state index in [2.05, 4.69) is 5.10 Å². The molecule has 154 valence electrons. The van der Waals surface area contributed by atoms with Gasteiger partial charge in [0.2, 0.25) is 0 Å². The predicted molar refractivity (Wildman–Crippen MR) is 114 cm³/mol. The minimum atomic E-state index is -0.980. The third-order valence-electron chi connectivity index (χ3n) is 5.37. The van der Waals surface area contributed by atoms with Crippen LogP contribution in [0.25, 0.3) is 10.8 Å². The largest absolute Gasteiger partial charge is 0.448 e. The number of fused-ring (bicyclic) bond motifs is 2. The van der Waals surface area contributed by atoms with E-state index in [1.807, 2.05) is 24.3 Å². The monoisotopic (exact) mass is 405 g/mol. The average molecular weight is 405 g/mol. The number of nitrogens with zero attached hydrogens (tertiary/aromatic N) is 3. The fraction of sp³-hybridized carbons (Fsp3) is 0.304. The first-order valence-corrected chi connectivity index (χ1v) is 10.1. The first-order chi connectivity index (χ1) is 14.5. The lowest BCUT2D eigenvalue weighted by molar-refractivity contribution is -0.126. The second-order valence-corrected chi connectivity index (χ2v) is 7.28. The van der Waals surface area contributed by atoms with E-state index in [1.165, 1.54) is 4.68 Å². The highest BCUT2D eigenvalue weighted by molar-refractivity contribution is 6.04. The number of carbonyl (C=O) groups excluding carboxylic acids is 2. The molecule has 1 atom stereocenters. The van der Waals surface area contributed by atoms with Crippen molar-refractivity contribution in [1.29, 1.82) is 0 Å². The summed E-state index contributed by atoms with van der Waals surface area (Å²) in [7, 11) is 0. The number of benzene rings is 2. The Bertz CT molecular complexity index is 1180. The maximum absolute atomic E-state index is 13.0. The molecule has 0 aliphatic carbocycles. The second-order valence-electron chi connectivity index (χ2n) is 7.28. The number of hydrogen-bond donors (Lipinski definition) is 0. The van der Waals surface area contributed by atoms with Crippen molar-refractivity contribution in [3.63, 3.8) is 0 Å². The van der Waals surface area contributed by atoms with Gasteiger partial charge in [-0.1, -0.05) is 36.4 Å². The Morgan fingerprint density at radius 2 is 1.80 bits per heavy atom. The molecule has 0 saturated heterocycles. The average Bonchev–Trinajstić information content (AvgIpc) is 2.78. The van der Waals surface area contributed by atoms with Gasteiger partial charge in [-0.05, 0) is 44.4 Å². The lowest BCUT2D eigenvalue weighted by atomic mass is 10.0. The van der Waals surface area contributed by atoms with Gasteiger partial charge in [0.1, 0.15) is 0 Å². The quantitative estimate of drug-likeness (QED) is 0.624. The van der Waals surface area contributed by atoms with Crippen LogP contribution in [0, 0.1) is 0 Å². The van der Waals surface area contributed by atoms with Gasteiger partial charge in [0.05, 0.1) is 5.39 Å². The van der Waals surface area contributed by atoms with E-state index in [-0.39, 0.29) is 17.2 Å². The van der Waals surface area contributed by atoms with Crippen molar-refractivity contribution < 1.29 is 14.3 Å². The van der Waals surface area contributed by atoms with Gasteiger partial charge in [0.25, 0.3) is 11.5 Å². The van der Waals surface area contributed by atoms with Crippen LogP contribution >= 0.6 is 0 Å². The summed E-state index contributed by atoms with van der Waals surface area (Å²) in [6.07, 6.45) is 0.797. The molecule has 0 N–H and O–H groups in total. The van der Waals surface area contributed by atoms with Crippen LogP contribution in [0.5, 0.6) is 0 Å². The van der Waals surface area contributed by atoms with Crippen molar-refractivity contribution in [3.05, 3.63) is 70.1 Å². The summed E-state index contributed by atoms with van der Waals surface area (Å²) < 4.78 is 6.73. The zero-order chi connectivity index (χ0) is 21.3. The van der Waals surface area contributed by atoms with Crippen LogP contribution in [-0.2, 0) is 22.5 Å². The molecule has 30 heavy (non-hydrogen) atoms. The number of aryl methyl sites for hydroxylation is 2. The van der Waals surface area contributed by atoms with Crippen LogP contribution in [0.1, 0.15) is 36.3 Å². The molecule has 0 bridgehead atoms. The number of rotatable bonds is 4. The van der Waals surface area contributed by atoms with Crippen molar-refractivity contribution >= 4 is 28.3 Å². The number of carbonyl (C=O) groups is 2. The lowest BCUT2D eigenvalue weighted by Gasteiger charge is -2.31. The van der Waals surface area contributed by atoms with Gasteiger partial charge < -0.3 is 9.64 Å². The van der Waals surface area contributed by atoms with E-state index in [1.54, 1.807) is 43.0 Å². The summed E-state index contributed by atoms with van der Waals surface area (Å²) in [4.78, 5) is 40.1. The molecule has 3 aromatic rings. The van der Waals surface area contributed by atoms with E-state index in [0.29, 0.717) is 23.9 Å². The normalized spacial score (nSPS) is 14.3. The SMILES string of the molecule is CCn1nc(C(=O)O[C@@H](C)C(=O)N2CCCc3ccccc32)c2ccccc2c1=O. The highest BCUT2D eigenvalue weighted by Gasteiger charge is 2.29. The molecule has 0 fully saturated rings. The van der Waals surface area contributed by atoms with Crippen molar-refractivity contribution in [2.75, 3.05) is 11.4 Å². The molecule has 1 aromatic heterocycles. The molecule has 0 unspecified atom stereocenters. The summed E-state index contributed by atoms with van der Waals surface area (Å²) in [6, 6.07) is 14.5. The maximum Gasteiger partial charge on any atom is 0.360 e. The molecule has 1 aliphatic heterocycles. The fourth-order valence-electron chi connectivity index (χ4n) is 3.85. The molecular formula is C23H23N3O4. The molecule has 0 radical (unpaired) electrons. The van der Waals surface area contributed by atoms with Crippen LogP contribution in [0.15, 0.2) is 53.3 Å². The van der Waals surface area contributed by atoms with Gasteiger partial charge >= 0.3 is 5.97 Å². The first kappa shape index (κ1) is 19.8. The number of esters is 1. The zero-order valence-corrected chi connectivity index (χ0v) is 17.0. The Morgan fingerprint density at radius 1 is 1.10 bits per heavy atom. The standard InChI is InChI=1S/C23H23N3O4/c1-3-26-22(28)18-12-6-5-11-17(18)20(24-26)23(29)30-15(2)21(27)25-14-8-10-16-9-4-7-13-19(16)25/h4-7,9,11-13,15H,3,8,10,14H2,1-2H3/t15-/m0/s1. The summed E-state index contributed by atoms with van der Waals surface area (Å²) in [5, 5.41) is 4.99. The summed E-state index contributed by atoms with van der Waals surface area (Å²) in [5.41, 5.74) is 1.74. The number of para-hydroxylation sites is 1. The molecule has 2 aromatic carbocycles. The van der Waals surface area contributed by atoms with Gasteiger partial charge in [0.15, 0.2) is 11.8 Å². The van der Waals surface area contributed by atoms with Crippen LogP contribution < -0.4 is 10.5 Å². The molecule has 0 spiro atoms. The minimum Gasteiger partial charge on any atom is -0.448 e. The van der Waals surface area contributed by atoms with Crippen LogP contribution in [0.2, 0.25) is 0 Å². The summed E-state index contributed by atoms with van der Waals surface area (Å²) >= 11 is 0. The van der Waals surface area contributed by atoms with Gasteiger partial charge in [0, 0.05) is 24.2 Å². The first-order valence-electron chi connectivity index (χ1n) is 10.1. The molecule has 0 saturated carbocycles. The van der Waals surface area contributed by atoms with E-state index >= 15 is 0 Å². The van der Waals surface area contributed by atoms with Crippen molar-refractivity contribution in [3.8, 4) is 0 Å². The van der Waals surface area contributed by atoms with Gasteiger partial charge in [-0.15, -0.1) is 0 Å². The van der Waals surface area contributed by atoms with Gasteiger partial charge in [-0.2, -0.15) is 5.10 Å². The number of amides is 1. The molecule has 4 rings (SSSR count). The van der Waals surface area contributed by atoms with Crippen LogP contribution in [0.4, 0.5) is 5.69 Å². The number of anilines is 1. The second kappa shape index (κ2) is 8.10. The summed E-state index contributed by atoms with van der Waals surface area (Å²) in [6.45, 7) is 4.25. The molecule has 1 aliphatic rings. The Kier molecular flexibility index (Phi) is 5.35. The molecule has 7 nitrogen and oxygen atoms in total. The highest BCUT2D eigenvalue weighted by atomic mass is 16.5. The van der Waals surface area contributed by atoms with Crippen molar-refractivity contribution in [1.82, 2.24) is 9.78 Å². The Labute approximate surface area is 173 Å². The van der Waals surface area contributed by atoms with Gasteiger partial charge in [-0.25, -0.2) is 9.48 Å². The van der Waals surface area contributed by atoms with E-state index in [4.69, 9.17) is 4.74 Å². The van der Waals surface area contributed by atoms with Crippen molar-refractivity contribution in [2.45, 2.75) is 39.3 Å². The molecular weight excluding hydrogens is 382 g/mol. The van der Waals surface area contributed by atoms with E-state index < -0.39 is 12.1 Å². The minimum absolute atomic E-state index is 0.0331. The number of hydrogen-bond acceptors (Lipinski definition) is 5. The van der Waals surface area contributed by atoms with E-state index in [9.17, 15) is 14.4 Å². The maximum atomic E-state index is 13.0. The fourth-order valence-corrected chi connectivity index (χ4v) is 3.85. The smallest absolute Gasteiger partial charge is 0.360 e. The topological polar surface area (TPSA) is 81.5 Å².